The molecule has 0 spiro atoms. The van der Waals surface area contributed by atoms with Crippen molar-refractivity contribution in [1.29, 1.82) is 0 Å². The van der Waals surface area contributed by atoms with Gasteiger partial charge in [-0.05, 0) is 52.0 Å². The Kier molecular flexibility index (Phi) is 5.52. The topological polar surface area (TPSA) is 58.6 Å². The van der Waals surface area contributed by atoms with Gasteiger partial charge in [-0.3, -0.25) is 0 Å². The van der Waals surface area contributed by atoms with E-state index in [0.717, 1.165) is 27.8 Å². The summed E-state index contributed by atoms with van der Waals surface area (Å²) in [5.41, 5.74) is 1.02. The van der Waals surface area contributed by atoms with Crippen molar-refractivity contribution < 1.29 is 13.9 Å². The number of hydrogen-bond donors (Lipinski definition) is 0. The molecule has 1 amide bonds. The third-order valence-corrected chi connectivity index (χ3v) is 5.34. The molecule has 7 heteroatoms. The molecule has 1 fully saturated rings. The summed E-state index contributed by atoms with van der Waals surface area (Å²) in [4.78, 5) is 16.5. The molecule has 1 atom stereocenters. The molecule has 3 aromatic rings. The van der Waals surface area contributed by atoms with Crippen LogP contribution < -0.4 is 4.90 Å². The normalized spacial score (nSPS) is 17.1. The Morgan fingerprint density at radius 1 is 1.03 bits per heavy atom. The van der Waals surface area contributed by atoms with Crippen LogP contribution >= 0.6 is 0 Å². The van der Waals surface area contributed by atoms with Gasteiger partial charge in [-0.2, -0.15) is 0 Å². The fraction of sp³-hybridized carbons (Fsp3) is 0.375. The highest BCUT2D eigenvalue weighted by molar-refractivity contribution is 6.00. The summed E-state index contributed by atoms with van der Waals surface area (Å²) < 4.78 is 18.9. The Labute approximate surface area is 181 Å². The first kappa shape index (κ1) is 21.0. The molecule has 2 heterocycles. The largest absolute Gasteiger partial charge is 0.444 e. The maximum absolute atomic E-state index is 13.4. The molecule has 1 aliphatic heterocycles. The number of rotatable bonds is 2. The van der Waals surface area contributed by atoms with Crippen LogP contribution in [0.4, 0.5) is 15.0 Å². The van der Waals surface area contributed by atoms with Crippen molar-refractivity contribution in [1.82, 2.24) is 15.1 Å². The number of aromatic nitrogens is 2. The monoisotopic (exact) mass is 422 g/mol. The fourth-order valence-corrected chi connectivity index (χ4v) is 3.89. The molecular formula is C24H27FN4O2. The predicted molar refractivity (Wildman–Crippen MR) is 120 cm³/mol. The molecule has 2 aromatic carbocycles. The summed E-state index contributed by atoms with van der Waals surface area (Å²) in [7, 11) is 0. The zero-order chi connectivity index (χ0) is 22.2. The van der Waals surface area contributed by atoms with E-state index < -0.39 is 5.60 Å². The highest BCUT2D eigenvalue weighted by atomic mass is 19.1. The van der Waals surface area contributed by atoms with Crippen LogP contribution in [0.15, 0.2) is 48.5 Å². The molecule has 1 aromatic heterocycles. The van der Waals surface area contributed by atoms with E-state index in [9.17, 15) is 9.18 Å². The van der Waals surface area contributed by atoms with Crippen LogP contribution in [0.3, 0.4) is 0 Å². The second-order valence-corrected chi connectivity index (χ2v) is 8.89. The first-order valence-electron chi connectivity index (χ1n) is 10.5. The van der Waals surface area contributed by atoms with Crippen molar-refractivity contribution in [2.24, 2.45) is 0 Å². The van der Waals surface area contributed by atoms with E-state index in [-0.39, 0.29) is 18.0 Å². The van der Waals surface area contributed by atoms with E-state index in [1.54, 1.807) is 17.0 Å². The molecule has 0 unspecified atom stereocenters. The molecule has 0 bridgehead atoms. The SMILES string of the molecule is C[C@@H]1CN(c2nnc(-c3ccc(F)cc3)c3ccccc23)CCN1C(=O)OC(C)(C)C. The second-order valence-electron chi connectivity index (χ2n) is 8.89. The Morgan fingerprint density at radius 2 is 1.71 bits per heavy atom. The van der Waals surface area contributed by atoms with Gasteiger partial charge in [0.2, 0.25) is 0 Å². The molecule has 0 N–H and O–H groups in total. The predicted octanol–water partition coefficient (Wildman–Crippen LogP) is 4.88. The minimum absolute atomic E-state index is 0.0269. The number of hydrogen-bond acceptors (Lipinski definition) is 5. The van der Waals surface area contributed by atoms with Crippen LogP contribution in [0.2, 0.25) is 0 Å². The summed E-state index contributed by atoms with van der Waals surface area (Å²) in [5.74, 6) is 0.506. The van der Waals surface area contributed by atoms with E-state index in [4.69, 9.17) is 4.74 Å². The average Bonchev–Trinajstić information content (AvgIpc) is 2.72. The molecule has 1 aliphatic rings. The minimum Gasteiger partial charge on any atom is -0.444 e. The Bertz CT molecular complexity index is 1090. The minimum atomic E-state index is -0.522. The fourth-order valence-electron chi connectivity index (χ4n) is 3.89. The molecule has 6 nitrogen and oxygen atoms in total. The number of carbonyl (C=O) groups excluding carboxylic acids is 1. The number of fused-ring (bicyclic) bond motifs is 1. The lowest BCUT2D eigenvalue weighted by molar-refractivity contribution is 0.0158. The van der Waals surface area contributed by atoms with E-state index in [1.807, 2.05) is 52.0 Å². The van der Waals surface area contributed by atoms with Crippen LogP contribution in [-0.4, -0.2) is 52.5 Å². The zero-order valence-corrected chi connectivity index (χ0v) is 18.3. The van der Waals surface area contributed by atoms with Crippen LogP contribution in [0.1, 0.15) is 27.7 Å². The Morgan fingerprint density at radius 3 is 2.35 bits per heavy atom. The number of carbonyl (C=O) groups is 1. The first-order valence-corrected chi connectivity index (χ1v) is 10.5. The highest BCUT2D eigenvalue weighted by Crippen LogP contribution is 2.32. The van der Waals surface area contributed by atoms with Crippen LogP contribution in [-0.2, 0) is 4.74 Å². The highest BCUT2D eigenvalue weighted by Gasteiger charge is 2.32. The number of anilines is 1. The summed E-state index contributed by atoms with van der Waals surface area (Å²) in [6.45, 7) is 9.44. The van der Waals surface area contributed by atoms with Gasteiger partial charge in [-0.25, -0.2) is 9.18 Å². The second kappa shape index (κ2) is 8.13. The van der Waals surface area contributed by atoms with Crippen LogP contribution in [0, 0.1) is 5.82 Å². The van der Waals surface area contributed by atoms with Crippen molar-refractivity contribution in [3.8, 4) is 11.3 Å². The average molecular weight is 423 g/mol. The molecule has 4 rings (SSSR count). The first-order chi connectivity index (χ1) is 14.7. The van der Waals surface area contributed by atoms with Crippen LogP contribution in [0.5, 0.6) is 0 Å². The standard InChI is InChI=1S/C24H27FN4O2/c1-16-15-28(13-14-29(16)23(30)31-24(2,3)4)22-20-8-6-5-7-19(20)21(26-27-22)17-9-11-18(25)12-10-17/h5-12,16H,13-15H2,1-4H3/t16-/m1/s1. The van der Waals surface area contributed by atoms with Gasteiger partial charge in [0.05, 0.1) is 0 Å². The van der Waals surface area contributed by atoms with Crippen molar-refractivity contribution in [3.05, 3.63) is 54.3 Å². The van der Waals surface area contributed by atoms with E-state index in [1.165, 1.54) is 12.1 Å². The summed E-state index contributed by atoms with van der Waals surface area (Å²) >= 11 is 0. The van der Waals surface area contributed by atoms with Crippen molar-refractivity contribution in [2.45, 2.75) is 39.3 Å². The van der Waals surface area contributed by atoms with Gasteiger partial charge in [0.25, 0.3) is 0 Å². The van der Waals surface area contributed by atoms with Crippen molar-refractivity contribution >= 4 is 22.7 Å². The lowest BCUT2D eigenvalue weighted by Crippen LogP contribution is -2.55. The number of benzene rings is 2. The molecular weight excluding hydrogens is 395 g/mol. The molecule has 31 heavy (non-hydrogen) atoms. The van der Waals surface area contributed by atoms with Crippen molar-refractivity contribution in [3.63, 3.8) is 0 Å². The molecule has 0 aliphatic carbocycles. The van der Waals surface area contributed by atoms with Gasteiger partial charge in [0.1, 0.15) is 17.1 Å². The summed E-state index contributed by atoms with van der Waals surface area (Å²) in [5, 5.41) is 11.0. The Balaban J connectivity index is 1.62. The van der Waals surface area contributed by atoms with Gasteiger partial charge in [0, 0.05) is 42.0 Å². The number of amides is 1. The lowest BCUT2D eigenvalue weighted by atomic mass is 10.0. The number of halogens is 1. The zero-order valence-electron chi connectivity index (χ0n) is 18.3. The third kappa shape index (κ3) is 4.45. The lowest BCUT2D eigenvalue weighted by Gasteiger charge is -2.40. The maximum atomic E-state index is 13.4. The van der Waals surface area contributed by atoms with Gasteiger partial charge in [-0.1, -0.05) is 24.3 Å². The van der Waals surface area contributed by atoms with Gasteiger partial charge >= 0.3 is 6.09 Å². The van der Waals surface area contributed by atoms with Crippen molar-refractivity contribution in [2.75, 3.05) is 24.5 Å². The molecule has 1 saturated heterocycles. The van der Waals surface area contributed by atoms with Gasteiger partial charge in [-0.15, -0.1) is 10.2 Å². The smallest absolute Gasteiger partial charge is 0.410 e. The molecule has 0 radical (unpaired) electrons. The van der Waals surface area contributed by atoms with E-state index in [0.29, 0.717) is 19.6 Å². The van der Waals surface area contributed by atoms with Crippen LogP contribution in [0.25, 0.3) is 22.0 Å². The Hall–Kier alpha value is -3.22. The van der Waals surface area contributed by atoms with Gasteiger partial charge in [0.15, 0.2) is 5.82 Å². The van der Waals surface area contributed by atoms with E-state index >= 15 is 0 Å². The summed E-state index contributed by atoms with van der Waals surface area (Å²) in [6.07, 6.45) is -0.290. The number of ether oxygens (including phenoxy) is 1. The summed E-state index contributed by atoms with van der Waals surface area (Å²) in [6, 6.07) is 14.2. The molecule has 0 saturated carbocycles. The van der Waals surface area contributed by atoms with E-state index in [2.05, 4.69) is 15.1 Å². The third-order valence-electron chi connectivity index (χ3n) is 5.34. The quantitative estimate of drug-likeness (QED) is 0.589. The maximum Gasteiger partial charge on any atom is 0.410 e. The van der Waals surface area contributed by atoms with Gasteiger partial charge < -0.3 is 14.5 Å². The number of nitrogens with zero attached hydrogens (tertiary/aromatic N) is 4. The number of piperazine rings is 1. The molecule has 162 valence electrons.